The number of benzene rings is 1. The molecule has 0 aliphatic rings. The number of nitrogens with zero attached hydrogens (tertiary/aromatic N) is 2. The molecule has 21 heavy (non-hydrogen) atoms. The third-order valence-corrected chi connectivity index (χ3v) is 3.76. The third kappa shape index (κ3) is 3.94. The molecule has 1 atom stereocenters. The molecule has 1 aromatic carbocycles. The zero-order valence-electron chi connectivity index (χ0n) is 13.7. The Morgan fingerprint density at radius 2 is 1.71 bits per heavy atom. The van der Waals surface area contributed by atoms with Gasteiger partial charge in [-0.25, -0.2) is 0 Å². The molecule has 0 saturated carbocycles. The molecule has 1 heterocycles. The molecule has 2 rings (SSSR count). The maximum atomic E-state index is 10.4. The SMILES string of the molecule is CC(C)n1ccc(CC(O)c2ccc(C(C)(C)C)cc2)n1. The first-order valence-electron chi connectivity index (χ1n) is 7.60. The second-order valence-corrected chi connectivity index (χ2v) is 6.97. The second kappa shape index (κ2) is 6.02. The van der Waals surface area contributed by atoms with Crippen molar-refractivity contribution in [1.82, 2.24) is 9.78 Å². The highest BCUT2D eigenvalue weighted by Gasteiger charge is 2.15. The lowest BCUT2D eigenvalue weighted by Gasteiger charge is -2.20. The van der Waals surface area contributed by atoms with E-state index in [1.54, 1.807) is 0 Å². The van der Waals surface area contributed by atoms with Crippen LogP contribution in [0.2, 0.25) is 0 Å². The van der Waals surface area contributed by atoms with E-state index in [0.717, 1.165) is 11.3 Å². The van der Waals surface area contributed by atoms with Crippen molar-refractivity contribution in [2.24, 2.45) is 0 Å². The summed E-state index contributed by atoms with van der Waals surface area (Å²) >= 11 is 0. The van der Waals surface area contributed by atoms with Crippen LogP contribution in [0.25, 0.3) is 0 Å². The van der Waals surface area contributed by atoms with Gasteiger partial charge in [-0.15, -0.1) is 0 Å². The van der Waals surface area contributed by atoms with E-state index in [9.17, 15) is 5.11 Å². The van der Waals surface area contributed by atoms with Gasteiger partial charge in [0.1, 0.15) is 0 Å². The van der Waals surface area contributed by atoms with Gasteiger partial charge in [-0.3, -0.25) is 4.68 Å². The second-order valence-electron chi connectivity index (χ2n) is 6.97. The van der Waals surface area contributed by atoms with E-state index < -0.39 is 6.10 Å². The Labute approximate surface area is 127 Å². The smallest absolute Gasteiger partial charge is 0.0846 e. The van der Waals surface area contributed by atoms with E-state index in [2.05, 4.69) is 51.9 Å². The molecule has 0 fully saturated rings. The van der Waals surface area contributed by atoms with Gasteiger partial charge in [0.05, 0.1) is 11.8 Å². The van der Waals surface area contributed by atoms with Crippen molar-refractivity contribution in [1.29, 1.82) is 0 Å². The first-order chi connectivity index (χ1) is 9.77. The van der Waals surface area contributed by atoms with Crippen LogP contribution >= 0.6 is 0 Å². The maximum Gasteiger partial charge on any atom is 0.0846 e. The van der Waals surface area contributed by atoms with E-state index in [0.29, 0.717) is 12.5 Å². The number of hydrogen-bond acceptors (Lipinski definition) is 2. The zero-order chi connectivity index (χ0) is 15.6. The molecule has 0 aliphatic carbocycles. The molecular formula is C18H26N2O. The molecule has 3 heteroatoms. The summed E-state index contributed by atoms with van der Waals surface area (Å²) in [5.41, 5.74) is 3.29. The number of aromatic nitrogens is 2. The fourth-order valence-corrected chi connectivity index (χ4v) is 2.30. The summed E-state index contributed by atoms with van der Waals surface area (Å²) in [5, 5.41) is 14.9. The minimum atomic E-state index is -0.505. The van der Waals surface area contributed by atoms with Gasteiger partial charge < -0.3 is 5.11 Å². The Bertz CT molecular complexity index is 576. The first kappa shape index (κ1) is 15.8. The maximum absolute atomic E-state index is 10.4. The molecule has 0 saturated heterocycles. The van der Waals surface area contributed by atoms with Crippen LogP contribution in [0.4, 0.5) is 0 Å². The van der Waals surface area contributed by atoms with Crippen LogP contribution < -0.4 is 0 Å². The van der Waals surface area contributed by atoms with Crippen LogP contribution in [0.15, 0.2) is 36.5 Å². The summed E-state index contributed by atoms with van der Waals surface area (Å²) in [6, 6.07) is 10.6. The van der Waals surface area contributed by atoms with Gasteiger partial charge in [0.2, 0.25) is 0 Å². The summed E-state index contributed by atoms with van der Waals surface area (Å²) in [6.45, 7) is 10.8. The topological polar surface area (TPSA) is 38.0 Å². The monoisotopic (exact) mass is 286 g/mol. The Morgan fingerprint density at radius 3 is 2.19 bits per heavy atom. The lowest BCUT2D eigenvalue weighted by atomic mass is 9.86. The number of hydrogen-bond donors (Lipinski definition) is 1. The molecule has 1 unspecified atom stereocenters. The standard InChI is InChI=1S/C18H26N2O/c1-13(2)20-11-10-16(19-20)12-17(21)14-6-8-15(9-7-14)18(3,4)5/h6-11,13,17,21H,12H2,1-5H3. The van der Waals surface area contributed by atoms with Gasteiger partial charge in [0.15, 0.2) is 0 Å². The third-order valence-electron chi connectivity index (χ3n) is 3.76. The van der Waals surface area contributed by atoms with Gasteiger partial charge in [0, 0.05) is 18.7 Å². The highest BCUT2D eigenvalue weighted by atomic mass is 16.3. The quantitative estimate of drug-likeness (QED) is 0.921. The molecule has 1 N–H and O–H groups in total. The summed E-state index contributed by atoms with van der Waals surface area (Å²) < 4.78 is 1.92. The Morgan fingerprint density at radius 1 is 1.10 bits per heavy atom. The lowest BCUT2D eigenvalue weighted by molar-refractivity contribution is 0.177. The van der Waals surface area contributed by atoms with Gasteiger partial charge in [-0.1, -0.05) is 45.0 Å². The molecule has 0 amide bonds. The van der Waals surface area contributed by atoms with Crippen molar-refractivity contribution in [3.05, 3.63) is 53.3 Å². The minimum Gasteiger partial charge on any atom is -0.388 e. The van der Waals surface area contributed by atoms with Crippen LogP contribution in [0.3, 0.4) is 0 Å². The Hall–Kier alpha value is -1.61. The molecular weight excluding hydrogens is 260 g/mol. The molecule has 3 nitrogen and oxygen atoms in total. The predicted molar refractivity (Wildman–Crippen MR) is 86.4 cm³/mol. The fraction of sp³-hybridized carbons (Fsp3) is 0.500. The van der Waals surface area contributed by atoms with Gasteiger partial charge in [0.25, 0.3) is 0 Å². The van der Waals surface area contributed by atoms with Gasteiger partial charge >= 0.3 is 0 Å². The molecule has 0 aliphatic heterocycles. The van der Waals surface area contributed by atoms with Gasteiger partial charge in [-0.05, 0) is 36.5 Å². The van der Waals surface area contributed by atoms with Crippen LogP contribution in [-0.2, 0) is 11.8 Å². The minimum absolute atomic E-state index is 0.138. The summed E-state index contributed by atoms with van der Waals surface area (Å²) in [7, 11) is 0. The van der Waals surface area contributed by atoms with Crippen LogP contribution in [-0.4, -0.2) is 14.9 Å². The molecule has 1 aromatic heterocycles. The van der Waals surface area contributed by atoms with Gasteiger partial charge in [-0.2, -0.15) is 5.10 Å². The number of rotatable bonds is 4. The van der Waals surface area contributed by atoms with Crippen molar-refractivity contribution in [2.75, 3.05) is 0 Å². The van der Waals surface area contributed by atoms with Crippen molar-refractivity contribution in [3.8, 4) is 0 Å². The van der Waals surface area contributed by atoms with Crippen LogP contribution in [0.5, 0.6) is 0 Å². The normalized spacial score (nSPS) is 13.7. The summed E-state index contributed by atoms with van der Waals surface area (Å²) in [6.07, 6.45) is 2.01. The average molecular weight is 286 g/mol. The highest BCUT2D eigenvalue weighted by Crippen LogP contribution is 2.25. The lowest BCUT2D eigenvalue weighted by Crippen LogP contribution is -2.11. The van der Waals surface area contributed by atoms with E-state index in [1.807, 2.05) is 29.1 Å². The zero-order valence-corrected chi connectivity index (χ0v) is 13.7. The van der Waals surface area contributed by atoms with Crippen molar-refractivity contribution < 1.29 is 5.11 Å². The van der Waals surface area contributed by atoms with E-state index in [1.165, 1.54) is 5.56 Å². The van der Waals surface area contributed by atoms with Crippen LogP contribution in [0.1, 0.15) is 63.6 Å². The van der Waals surface area contributed by atoms with E-state index in [-0.39, 0.29) is 5.41 Å². The van der Waals surface area contributed by atoms with E-state index in [4.69, 9.17) is 0 Å². The molecule has 2 aromatic rings. The molecule has 0 spiro atoms. The van der Waals surface area contributed by atoms with Crippen LogP contribution in [0, 0.1) is 0 Å². The molecule has 0 bridgehead atoms. The largest absolute Gasteiger partial charge is 0.388 e. The van der Waals surface area contributed by atoms with Crippen molar-refractivity contribution >= 4 is 0 Å². The first-order valence-corrected chi connectivity index (χ1v) is 7.60. The average Bonchev–Trinajstić information content (AvgIpc) is 2.86. The summed E-state index contributed by atoms with van der Waals surface area (Å²) in [4.78, 5) is 0. The molecule has 0 radical (unpaired) electrons. The number of aliphatic hydroxyl groups is 1. The fourth-order valence-electron chi connectivity index (χ4n) is 2.30. The highest BCUT2D eigenvalue weighted by molar-refractivity contribution is 5.29. The van der Waals surface area contributed by atoms with Crippen molar-refractivity contribution in [2.45, 2.75) is 58.6 Å². The Balaban J connectivity index is 2.07. The predicted octanol–water partition coefficient (Wildman–Crippen LogP) is 4.04. The molecule has 114 valence electrons. The summed E-state index contributed by atoms with van der Waals surface area (Å²) in [5.74, 6) is 0. The Kier molecular flexibility index (Phi) is 4.52. The van der Waals surface area contributed by atoms with Crippen molar-refractivity contribution in [3.63, 3.8) is 0 Å². The number of aliphatic hydroxyl groups excluding tert-OH is 1. The van der Waals surface area contributed by atoms with E-state index >= 15 is 0 Å².